The average Bonchev–Trinajstić information content (AvgIpc) is 3.82. The Hall–Kier alpha value is -2.41. The van der Waals surface area contributed by atoms with Crippen LogP contribution in [-0.4, -0.2) is 184 Å². The fraction of sp³-hybridized carbons (Fsp3) is 0.891. The van der Waals surface area contributed by atoms with Gasteiger partial charge in [-0.2, -0.15) is 0 Å². The predicted octanol–water partition coefficient (Wildman–Crippen LogP) is -0.0998. The van der Waals surface area contributed by atoms with Gasteiger partial charge in [0.25, 0.3) is 0 Å². The van der Waals surface area contributed by atoms with E-state index in [4.69, 9.17) is 47.4 Å². The number of aliphatic hydroxyl groups is 7. The molecule has 0 aromatic carbocycles. The van der Waals surface area contributed by atoms with Crippen molar-refractivity contribution in [3.05, 3.63) is 11.6 Å². The van der Waals surface area contributed by atoms with Crippen LogP contribution in [0.25, 0.3) is 0 Å². The van der Waals surface area contributed by atoms with E-state index in [9.17, 15) is 50.1 Å². The summed E-state index contributed by atoms with van der Waals surface area (Å²) < 4.78 is 57.5. The number of methoxy groups -OCH3 is 1. The number of aliphatic hydroxyl groups excluding tert-OH is 6. The van der Waals surface area contributed by atoms with Gasteiger partial charge in [-0.1, -0.05) is 13.8 Å². The molecule has 374 valence electrons. The number of hydrogen-bond donors (Lipinski definition) is 7. The number of cyclic esters (lactones) is 1. The molecule has 4 aliphatic carbocycles. The highest BCUT2D eigenvalue weighted by molar-refractivity contribution is 5.85. The van der Waals surface area contributed by atoms with E-state index in [-0.39, 0.29) is 40.7 Å². The minimum Gasteiger partial charge on any atom is -0.458 e. The van der Waals surface area contributed by atoms with Crippen LogP contribution in [0.4, 0.5) is 0 Å². The first-order valence-electron chi connectivity index (χ1n) is 23.6. The Bertz CT molecular complexity index is 1800. The number of carbonyl (C=O) groups is 3. The second kappa shape index (κ2) is 19.4. The molecule has 20 nitrogen and oxygen atoms in total. The number of hydrogen-bond acceptors (Lipinski definition) is 20. The fourth-order valence-corrected chi connectivity index (χ4v) is 13.5. The molecule has 0 radical (unpaired) electrons. The van der Waals surface area contributed by atoms with Crippen molar-refractivity contribution < 1.29 is 97.5 Å². The van der Waals surface area contributed by atoms with E-state index < -0.39 is 123 Å². The standard InChI is InChI=1S/C46H70O20/c1-20-38(62-21(2)47)39(57-6)40(63-22(3)48)43(61-20)60-19-29-32(50)34(52)36(54)41(65-29)59-18-30-33(51)35(53)37(55)42(66-30)64-25-9-12-44(4)24(16-25)7-8-28-27(44)10-13-45(5)26(11-14-46(28,45)56)23-15-31(49)58-17-23/h15,20,24-30,32-43,50-56H,7-14,16-19H2,1-6H3/t20?,24?,25?,26?,27?,28?,29?,30?,32?,33?,34?,35?,36?,37?,38-,39?,40+,41?,42?,43?,44?,45?,46?/m0/s1. The predicted molar refractivity (Wildman–Crippen MR) is 222 cm³/mol. The van der Waals surface area contributed by atoms with Crippen LogP contribution in [0.1, 0.15) is 92.4 Å². The van der Waals surface area contributed by atoms with Gasteiger partial charge < -0.3 is 83.1 Å². The van der Waals surface area contributed by atoms with E-state index in [0.717, 1.165) is 51.0 Å². The molecule has 0 spiro atoms. The summed E-state index contributed by atoms with van der Waals surface area (Å²) in [5, 5.41) is 78.2. The molecule has 0 bridgehead atoms. The summed E-state index contributed by atoms with van der Waals surface area (Å²) in [4.78, 5) is 35.9. The summed E-state index contributed by atoms with van der Waals surface area (Å²) in [6.45, 7) is 7.81. The topological polar surface area (TPSA) is 285 Å². The number of rotatable bonds is 12. The summed E-state index contributed by atoms with van der Waals surface area (Å²) in [6, 6.07) is 0. The Morgan fingerprint density at radius 2 is 1.33 bits per heavy atom. The van der Waals surface area contributed by atoms with Crippen molar-refractivity contribution in [1.29, 1.82) is 0 Å². The van der Waals surface area contributed by atoms with Crippen molar-refractivity contribution >= 4 is 17.9 Å². The molecular formula is C46H70O20. The summed E-state index contributed by atoms with van der Waals surface area (Å²) in [6.07, 6.45) is -12.6. The van der Waals surface area contributed by atoms with E-state index in [1.54, 1.807) is 13.0 Å². The molecular weight excluding hydrogens is 872 g/mol. The molecule has 8 aliphatic rings. The van der Waals surface area contributed by atoms with Crippen molar-refractivity contribution in [1.82, 2.24) is 0 Å². The molecule has 0 aromatic rings. The zero-order valence-corrected chi connectivity index (χ0v) is 38.5. The van der Waals surface area contributed by atoms with Crippen molar-refractivity contribution in [2.24, 2.45) is 34.5 Å². The third kappa shape index (κ3) is 8.99. The van der Waals surface area contributed by atoms with E-state index in [2.05, 4.69) is 13.8 Å². The van der Waals surface area contributed by atoms with Crippen LogP contribution >= 0.6 is 0 Å². The molecule has 23 atom stereocenters. The van der Waals surface area contributed by atoms with Crippen LogP contribution in [0.15, 0.2) is 11.6 Å². The monoisotopic (exact) mass is 942 g/mol. The van der Waals surface area contributed by atoms with E-state index in [1.807, 2.05) is 0 Å². The average molecular weight is 943 g/mol. The first kappa shape index (κ1) is 50.0. The van der Waals surface area contributed by atoms with Gasteiger partial charge >= 0.3 is 17.9 Å². The maximum Gasteiger partial charge on any atom is 0.331 e. The molecule has 21 unspecified atom stereocenters. The highest BCUT2D eigenvalue weighted by atomic mass is 16.8. The Morgan fingerprint density at radius 3 is 1.95 bits per heavy atom. The normalized spacial score (nSPS) is 50.3. The highest BCUT2D eigenvalue weighted by Gasteiger charge is 2.68. The molecule has 8 rings (SSSR count). The zero-order chi connectivity index (χ0) is 47.6. The van der Waals surface area contributed by atoms with Crippen LogP contribution in [0.3, 0.4) is 0 Å². The van der Waals surface area contributed by atoms with Gasteiger partial charge in [-0.05, 0) is 99.4 Å². The summed E-state index contributed by atoms with van der Waals surface area (Å²) in [5.74, 6) is -0.830. The van der Waals surface area contributed by atoms with Crippen LogP contribution in [0, 0.1) is 34.5 Å². The van der Waals surface area contributed by atoms with Crippen molar-refractivity contribution in [2.45, 2.75) is 196 Å². The summed E-state index contributed by atoms with van der Waals surface area (Å²) in [7, 11) is 1.33. The van der Waals surface area contributed by atoms with Crippen molar-refractivity contribution in [2.75, 3.05) is 26.9 Å². The quantitative estimate of drug-likeness (QED) is 0.0764. The third-order valence-electron chi connectivity index (χ3n) is 17.1. The van der Waals surface area contributed by atoms with Gasteiger partial charge in [0.1, 0.15) is 61.5 Å². The Labute approximate surface area is 384 Å². The molecule has 20 heteroatoms. The van der Waals surface area contributed by atoms with Crippen molar-refractivity contribution in [3.63, 3.8) is 0 Å². The second-order valence-electron chi connectivity index (χ2n) is 20.6. The van der Waals surface area contributed by atoms with Crippen LogP contribution < -0.4 is 0 Å². The number of ether oxygens (including phenoxy) is 10. The Kier molecular flexibility index (Phi) is 14.7. The number of esters is 3. The molecule has 0 amide bonds. The van der Waals surface area contributed by atoms with Crippen molar-refractivity contribution in [3.8, 4) is 0 Å². The SMILES string of the molecule is COC1[C@@H](OC(C)=O)C(C)OC(OCC2OC(OCC3OC(OC4CCC5(C)C(CCC6C5CCC5(C)C(C7=CC(=O)OC7)CCC65O)C4)C(O)C(O)C3O)C(O)C(O)C2O)[C@@H]1OC(C)=O. The minimum absolute atomic E-state index is 0.0594. The highest BCUT2D eigenvalue weighted by Crippen LogP contribution is 2.70. The zero-order valence-electron chi connectivity index (χ0n) is 38.5. The van der Waals surface area contributed by atoms with E-state index >= 15 is 0 Å². The maximum atomic E-state index is 12.6. The molecule has 7 N–H and O–H groups in total. The fourth-order valence-electron chi connectivity index (χ4n) is 13.5. The Balaban J connectivity index is 0.869. The van der Waals surface area contributed by atoms with Gasteiger partial charge in [-0.25, -0.2) is 4.79 Å². The molecule has 4 aliphatic heterocycles. The van der Waals surface area contributed by atoms with Gasteiger partial charge in [-0.3, -0.25) is 9.59 Å². The smallest absolute Gasteiger partial charge is 0.331 e. The second-order valence-corrected chi connectivity index (χ2v) is 20.6. The van der Waals surface area contributed by atoms with E-state index in [1.165, 1.54) is 14.0 Å². The lowest BCUT2D eigenvalue weighted by Crippen LogP contribution is -2.63. The molecule has 0 aromatic heterocycles. The summed E-state index contributed by atoms with van der Waals surface area (Å²) in [5.41, 5.74) is -0.249. The number of fused-ring (bicyclic) bond motifs is 5. The molecule has 4 saturated carbocycles. The lowest BCUT2D eigenvalue weighted by atomic mass is 9.43. The first-order valence-corrected chi connectivity index (χ1v) is 23.6. The maximum absolute atomic E-state index is 12.6. The lowest BCUT2D eigenvalue weighted by Gasteiger charge is -2.64. The van der Waals surface area contributed by atoms with Gasteiger partial charge in [0.05, 0.1) is 31.0 Å². The van der Waals surface area contributed by atoms with Gasteiger partial charge in [-0.15, -0.1) is 0 Å². The lowest BCUT2D eigenvalue weighted by molar-refractivity contribution is -0.345. The molecule has 7 fully saturated rings. The summed E-state index contributed by atoms with van der Waals surface area (Å²) >= 11 is 0. The Morgan fingerprint density at radius 1 is 0.712 bits per heavy atom. The first-order chi connectivity index (χ1) is 31.2. The van der Waals surface area contributed by atoms with Crippen LogP contribution in [-0.2, 0) is 61.8 Å². The van der Waals surface area contributed by atoms with E-state index in [0.29, 0.717) is 31.8 Å². The molecule has 4 heterocycles. The van der Waals surface area contributed by atoms with Gasteiger partial charge in [0.2, 0.25) is 0 Å². The largest absolute Gasteiger partial charge is 0.458 e. The third-order valence-corrected chi connectivity index (χ3v) is 17.1. The minimum atomic E-state index is -1.80. The molecule has 66 heavy (non-hydrogen) atoms. The van der Waals surface area contributed by atoms with Crippen LogP contribution in [0.2, 0.25) is 0 Å². The molecule has 3 saturated heterocycles. The van der Waals surface area contributed by atoms with Crippen LogP contribution in [0.5, 0.6) is 0 Å². The van der Waals surface area contributed by atoms with Gasteiger partial charge in [0.15, 0.2) is 31.1 Å². The number of carbonyl (C=O) groups excluding carboxylic acids is 3. The van der Waals surface area contributed by atoms with Gasteiger partial charge in [0, 0.05) is 32.4 Å².